The molecule has 31 heavy (non-hydrogen) atoms. The Morgan fingerprint density at radius 3 is 2.23 bits per heavy atom. The smallest absolute Gasteiger partial charge is 0.338 e. The van der Waals surface area contributed by atoms with Gasteiger partial charge in [0.1, 0.15) is 12.3 Å². The summed E-state index contributed by atoms with van der Waals surface area (Å²) in [7, 11) is 0. The van der Waals surface area contributed by atoms with E-state index < -0.39 is 5.97 Å². The fraction of sp³-hybridized carbons (Fsp3) is 0.0385. The zero-order chi connectivity index (χ0) is 20.8. The van der Waals surface area contributed by atoms with E-state index in [0.29, 0.717) is 17.1 Å². The second-order valence-corrected chi connectivity index (χ2v) is 7.35. The van der Waals surface area contributed by atoms with Gasteiger partial charge in [0.25, 0.3) is 0 Å². The van der Waals surface area contributed by atoms with Crippen LogP contribution >= 0.6 is 0 Å². The average Bonchev–Trinajstić information content (AvgIpc) is 2.82. The molecule has 0 spiro atoms. The van der Waals surface area contributed by atoms with Crippen LogP contribution in [0.5, 0.6) is 23.0 Å². The van der Waals surface area contributed by atoms with Gasteiger partial charge >= 0.3 is 5.97 Å². The first-order valence-corrected chi connectivity index (χ1v) is 10.0. The van der Waals surface area contributed by atoms with Crippen LogP contribution in [0.25, 0.3) is 0 Å². The van der Waals surface area contributed by atoms with E-state index in [4.69, 9.17) is 14.2 Å². The van der Waals surface area contributed by atoms with Crippen molar-refractivity contribution < 1.29 is 19.0 Å². The number of rotatable bonds is 3. The predicted octanol–water partition coefficient (Wildman–Crippen LogP) is 6.72. The first-order valence-electron chi connectivity index (χ1n) is 10.0. The lowest BCUT2D eigenvalue weighted by atomic mass is 10.1. The second kappa shape index (κ2) is 6.92. The number of benzene rings is 4. The number of fused-ring (bicyclic) bond motifs is 4. The third kappa shape index (κ3) is 2.90. The molecule has 0 aliphatic carbocycles. The van der Waals surface area contributed by atoms with Crippen LogP contribution in [0, 0.1) is 0 Å². The molecule has 5 heteroatoms. The van der Waals surface area contributed by atoms with Gasteiger partial charge < -0.3 is 14.2 Å². The minimum atomic E-state index is -0.392. The van der Waals surface area contributed by atoms with E-state index in [2.05, 4.69) is 4.90 Å². The van der Waals surface area contributed by atoms with Gasteiger partial charge in [-0.05, 0) is 48.0 Å². The standard InChI is InChI=1S/C26H17NO4/c28-26(29-16-17-7-2-1-3-8-17)18-13-14-20-24(15-18)31-23-12-6-11-22-25(23)27(20)19-9-4-5-10-21(19)30-22/h1-15H,16H2. The van der Waals surface area contributed by atoms with Crippen LogP contribution in [-0.4, -0.2) is 5.97 Å². The third-order valence-corrected chi connectivity index (χ3v) is 5.38. The molecule has 2 aliphatic heterocycles. The lowest BCUT2D eigenvalue weighted by molar-refractivity contribution is 0.0472. The molecule has 0 radical (unpaired) electrons. The fourth-order valence-electron chi connectivity index (χ4n) is 3.94. The number of ether oxygens (including phenoxy) is 3. The van der Waals surface area contributed by atoms with Gasteiger partial charge in [-0.1, -0.05) is 48.5 Å². The van der Waals surface area contributed by atoms with E-state index in [1.54, 1.807) is 12.1 Å². The zero-order valence-electron chi connectivity index (χ0n) is 16.4. The SMILES string of the molecule is O=C(OCc1ccccc1)c1ccc2c(c1)Oc1cccc3c1N2c1ccccc1O3. The van der Waals surface area contributed by atoms with Crippen LogP contribution in [0.2, 0.25) is 0 Å². The Bertz CT molecular complexity index is 1320. The maximum Gasteiger partial charge on any atom is 0.338 e. The van der Waals surface area contributed by atoms with Gasteiger partial charge in [0, 0.05) is 0 Å². The molecule has 0 aromatic heterocycles. The number of hydrogen-bond donors (Lipinski definition) is 0. The molecule has 4 aromatic carbocycles. The molecule has 0 fully saturated rings. The first-order chi connectivity index (χ1) is 15.3. The molecular weight excluding hydrogens is 390 g/mol. The van der Waals surface area contributed by atoms with Gasteiger partial charge in [-0.25, -0.2) is 4.79 Å². The molecule has 0 saturated carbocycles. The second-order valence-electron chi connectivity index (χ2n) is 7.35. The number of esters is 1. The van der Waals surface area contributed by atoms with Crippen LogP contribution in [0.4, 0.5) is 17.1 Å². The highest BCUT2D eigenvalue weighted by molar-refractivity contribution is 5.96. The average molecular weight is 407 g/mol. The molecule has 6 rings (SSSR count). The molecule has 2 aliphatic rings. The summed E-state index contributed by atoms with van der Waals surface area (Å²) in [6, 6.07) is 28.6. The number of para-hydroxylation sites is 3. The van der Waals surface area contributed by atoms with Gasteiger partial charge in [0.15, 0.2) is 23.0 Å². The Kier molecular flexibility index (Phi) is 3.93. The van der Waals surface area contributed by atoms with E-state index in [9.17, 15) is 4.79 Å². The van der Waals surface area contributed by atoms with E-state index in [-0.39, 0.29) is 6.61 Å². The van der Waals surface area contributed by atoms with Crippen LogP contribution in [0.15, 0.2) is 91.0 Å². The topological polar surface area (TPSA) is 48.0 Å². The molecular formula is C26H17NO4. The monoisotopic (exact) mass is 407 g/mol. The Labute approximate surface area is 179 Å². The highest BCUT2D eigenvalue weighted by Gasteiger charge is 2.34. The van der Waals surface area contributed by atoms with Gasteiger partial charge in [0.2, 0.25) is 0 Å². The molecule has 0 bridgehead atoms. The van der Waals surface area contributed by atoms with E-state index in [1.807, 2.05) is 78.9 Å². The highest BCUT2D eigenvalue weighted by atomic mass is 16.5. The molecule has 0 saturated heterocycles. The summed E-state index contributed by atoms with van der Waals surface area (Å²) < 4.78 is 17.7. The Morgan fingerprint density at radius 2 is 1.39 bits per heavy atom. The van der Waals surface area contributed by atoms with Crippen molar-refractivity contribution in [2.24, 2.45) is 0 Å². The maximum absolute atomic E-state index is 12.7. The van der Waals surface area contributed by atoms with E-state index in [0.717, 1.165) is 34.1 Å². The van der Waals surface area contributed by atoms with Crippen LogP contribution in [0.3, 0.4) is 0 Å². The normalized spacial score (nSPS) is 12.6. The molecule has 2 heterocycles. The van der Waals surface area contributed by atoms with Gasteiger partial charge in [-0.15, -0.1) is 0 Å². The maximum atomic E-state index is 12.7. The van der Waals surface area contributed by atoms with Crippen molar-refractivity contribution in [2.75, 3.05) is 4.90 Å². The summed E-state index contributed by atoms with van der Waals surface area (Å²) in [5.41, 5.74) is 4.00. The molecule has 5 nitrogen and oxygen atoms in total. The number of anilines is 3. The van der Waals surface area contributed by atoms with Crippen LogP contribution < -0.4 is 14.4 Å². The van der Waals surface area contributed by atoms with Crippen molar-refractivity contribution in [3.05, 3.63) is 102 Å². The summed E-state index contributed by atoms with van der Waals surface area (Å²) in [5.74, 6) is 2.38. The molecule has 0 atom stereocenters. The van der Waals surface area contributed by atoms with Crippen molar-refractivity contribution in [2.45, 2.75) is 6.61 Å². The highest BCUT2D eigenvalue weighted by Crippen LogP contribution is 2.59. The fourth-order valence-corrected chi connectivity index (χ4v) is 3.94. The summed E-state index contributed by atoms with van der Waals surface area (Å²) in [6.45, 7) is 0.223. The van der Waals surface area contributed by atoms with Crippen LogP contribution in [-0.2, 0) is 11.3 Å². The Hall–Kier alpha value is -4.25. The molecule has 150 valence electrons. The molecule has 0 amide bonds. The minimum absolute atomic E-state index is 0.223. The van der Waals surface area contributed by atoms with Gasteiger partial charge in [-0.2, -0.15) is 0 Å². The lowest BCUT2D eigenvalue weighted by Gasteiger charge is -2.37. The van der Waals surface area contributed by atoms with E-state index in [1.165, 1.54) is 0 Å². The Balaban J connectivity index is 1.37. The summed E-state index contributed by atoms with van der Waals surface area (Å²) in [4.78, 5) is 14.8. The largest absolute Gasteiger partial charge is 0.457 e. The van der Waals surface area contributed by atoms with Crippen molar-refractivity contribution in [3.8, 4) is 23.0 Å². The Morgan fingerprint density at radius 1 is 0.710 bits per heavy atom. The number of nitrogens with zero attached hydrogens (tertiary/aromatic N) is 1. The van der Waals surface area contributed by atoms with Crippen molar-refractivity contribution in [3.63, 3.8) is 0 Å². The summed E-state index contributed by atoms with van der Waals surface area (Å²) >= 11 is 0. The quantitative estimate of drug-likeness (QED) is 0.305. The minimum Gasteiger partial charge on any atom is -0.457 e. The van der Waals surface area contributed by atoms with Crippen molar-refractivity contribution in [1.29, 1.82) is 0 Å². The van der Waals surface area contributed by atoms with Crippen LogP contribution in [0.1, 0.15) is 15.9 Å². The van der Waals surface area contributed by atoms with Gasteiger partial charge in [-0.3, -0.25) is 4.90 Å². The van der Waals surface area contributed by atoms with Crippen molar-refractivity contribution in [1.82, 2.24) is 0 Å². The molecule has 0 unspecified atom stereocenters. The third-order valence-electron chi connectivity index (χ3n) is 5.38. The van der Waals surface area contributed by atoms with E-state index >= 15 is 0 Å². The summed E-state index contributed by atoms with van der Waals surface area (Å²) in [6.07, 6.45) is 0. The molecule has 4 aromatic rings. The number of carbonyl (C=O) groups is 1. The summed E-state index contributed by atoms with van der Waals surface area (Å²) in [5, 5.41) is 0. The van der Waals surface area contributed by atoms with Gasteiger partial charge in [0.05, 0.1) is 16.9 Å². The number of carbonyl (C=O) groups excluding carboxylic acids is 1. The first kappa shape index (κ1) is 17.6. The molecule has 0 N–H and O–H groups in total. The zero-order valence-corrected chi connectivity index (χ0v) is 16.4. The predicted molar refractivity (Wildman–Crippen MR) is 117 cm³/mol. The number of hydrogen-bond acceptors (Lipinski definition) is 5. The van der Waals surface area contributed by atoms with Crippen molar-refractivity contribution >= 4 is 23.0 Å². The lowest BCUT2D eigenvalue weighted by Crippen LogP contribution is -2.20.